The number of anilines is 1. The van der Waals surface area contributed by atoms with Gasteiger partial charge in [-0.1, -0.05) is 6.07 Å². The van der Waals surface area contributed by atoms with Crippen LogP contribution in [0.3, 0.4) is 0 Å². The minimum Gasteiger partial charge on any atom is -0.508 e. The molecule has 0 saturated heterocycles. The quantitative estimate of drug-likeness (QED) is 0.658. The highest BCUT2D eigenvalue weighted by Crippen LogP contribution is 2.30. The van der Waals surface area contributed by atoms with Crippen molar-refractivity contribution in [2.45, 2.75) is 0 Å². The standard InChI is InChI=1S/C12H9NO/c14-11-2-1-8-5-10-6-9(3-4-13-10)12(8)7-11/h1-7,13-14H. The Labute approximate surface area is 81.5 Å². The number of phenolic OH excluding ortho intramolecular Hbond substituents is 1. The number of nitrogens with one attached hydrogen (secondary N) is 1. The van der Waals surface area contributed by atoms with Crippen LogP contribution in [0.25, 0.3) is 16.8 Å². The molecule has 1 aliphatic rings. The van der Waals surface area contributed by atoms with Crippen molar-refractivity contribution in [2.24, 2.45) is 0 Å². The summed E-state index contributed by atoms with van der Waals surface area (Å²) in [5.74, 6) is 0.313. The zero-order valence-corrected chi connectivity index (χ0v) is 7.49. The van der Waals surface area contributed by atoms with E-state index in [0.717, 1.165) is 22.0 Å². The fourth-order valence-electron chi connectivity index (χ4n) is 1.82. The molecule has 68 valence electrons. The highest BCUT2D eigenvalue weighted by atomic mass is 16.3. The summed E-state index contributed by atoms with van der Waals surface area (Å²) >= 11 is 0. The molecule has 0 amide bonds. The van der Waals surface area contributed by atoms with E-state index in [4.69, 9.17) is 0 Å². The zero-order valence-electron chi connectivity index (χ0n) is 7.49. The minimum absolute atomic E-state index is 0.313. The Kier molecular flexibility index (Phi) is 1.34. The predicted molar refractivity (Wildman–Crippen MR) is 58.3 cm³/mol. The van der Waals surface area contributed by atoms with Gasteiger partial charge < -0.3 is 10.4 Å². The molecular weight excluding hydrogens is 174 g/mol. The molecule has 0 unspecified atom stereocenters. The third-order valence-corrected chi connectivity index (χ3v) is 2.48. The smallest absolute Gasteiger partial charge is 0.116 e. The number of aromatic hydroxyl groups is 1. The summed E-state index contributed by atoms with van der Waals surface area (Å²) in [5.41, 5.74) is 2.24. The molecule has 2 aromatic rings. The van der Waals surface area contributed by atoms with Crippen LogP contribution in [0.4, 0.5) is 5.69 Å². The SMILES string of the molecule is Oc1ccc2cc3cc(c2c1)C=CN3. The third-order valence-electron chi connectivity index (χ3n) is 2.48. The second-order valence-electron chi connectivity index (χ2n) is 3.45. The molecule has 0 fully saturated rings. The maximum Gasteiger partial charge on any atom is 0.116 e. The largest absolute Gasteiger partial charge is 0.508 e. The average Bonchev–Trinajstić information content (AvgIpc) is 2.20. The lowest BCUT2D eigenvalue weighted by Crippen LogP contribution is -1.94. The van der Waals surface area contributed by atoms with Crippen LogP contribution in [-0.2, 0) is 0 Å². The number of hydrogen-bond acceptors (Lipinski definition) is 2. The fourth-order valence-corrected chi connectivity index (χ4v) is 1.82. The van der Waals surface area contributed by atoms with Gasteiger partial charge in [0.2, 0.25) is 0 Å². The Morgan fingerprint density at radius 1 is 1.07 bits per heavy atom. The molecule has 2 N–H and O–H groups in total. The van der Waals surface area contributed by atoms with Crippen LogP contribution in [0.5, 0.6) is 5.75 Å². The van der Waals surface area contributed by atoms with E-state index in [9.17, 15) is 5.11 Å². The van der Waals surface area contributed by atoms with Crippen LogP contribution in [0.2, 0.25) is 0 Å². The molecule has 0 radical (unpaired) electrons. The van der Waals surface area contributed by atoms with Crippen LogP contribution in [0, 0.1) is 0 Å². The first-order valence-electron chi connectivity index (χ1n) is 4.53. The second kappa shape index (κ2) is 2.51. The average molecular weight is 183 g/mol. The highest BCUT2D eigenvalue weighted by Gasteiger charge is 2.05. The molecule has 0 aromatic heterocycles. The van der Waals surface area contributed by atoms with Crippen LogP contribution in [0.1, 0.15) is 5.56 Å². The van der Waals surface area contributed by atoms with Gasteiger partial charge in [-0.2, -0.15) is 0 Å². The van der Waals surface area contributed by atoms with E-state index >= 15 is 0 Å². The Balaban J connectivity index is 2.46. The zero-order chi connectivity index (χ0) is 9.54. The highest BCUT2D eigenvalue weighted by molar-refractivity contribution is 5.96. The van der Waals surface area contributed by atoms with E-state index in [-0.39, 0.29) is 0 Å². The Hall–Kier alpha value is -1.96. The van der Waals surface area contributed by atoms with Gasteiger partial charge in [-0.05, 0) is 46.7 Å². The molecular formula is C12H9NO. The summed E-state index contributed by atoms with van der Waals surface area (Å²) < 4.78 is 0. The number of benzene rings is 2. The monoisotopic (exact) mass is 183 g/mol. The van der Waals surface area contributed by atoms with Crippen LogP contribution >= 0.6 is 0 Å². The number of rotatable bonds is 0. The molecule has 0 spiro atoms. The molecule has 3 rings (SSSR count). The summed E-state index contributed by atoms with van der Waals surface area (Å²) in [6.07, 6.45) is 3.92. The first-order valence-corrected chi connectivity index (χ1v) is 4.53. The molecule has 2 heteroatoms. The Bertz CT molecular complexity index is 543. The lowest BCUT2D eigenvalue weighted by molar-refractivity contribution is 0.476. The molecule has 14 heavy (non-hydrogen) atoms. The van der Waals surface area contributed by atoms with Crippen LogP contribution in [0.15, 0.2) is 36.5 Å². The van der Waals surface area contributed by atoms with E-state index in [1.165, 1.54) is 0 Å². The molecule has 0 atom stereocenters. The summed E-state index contributed by atoms with van der Waals surface area (Å²) in [6.45, 7) is 0. The van der Waals surface area contributed by atoms with Crippen molar-refractivity contribution in [3.05, 3.63) is 42.1 Å². The summed E-state index contributed by atoms with van der Waals surface area (Å²) in [6, 6.07) is 9.58. The first-order chi connectivity index (χ1) is 6.83. The molecule has 1 heterocycles. The normalized spacial score (nSPS) is 12.9. The van der Waals surface area contributed by atoms with Gasteiger partial charge in [0.05, 0.1) is 0 Å². The van der Waals surface area contributed by atoms with Gasteiger partial charge in [-0.25, -0.2) is 0 Å². The van der Waals surface area contributed by atoms with Gasteiger partial charge in [-0.3, -0.25) is 0 Å². The van der Waals surface area contributed by atoms with Crippen molar-refractivity contribution >= 4 is 22.5 Å². The van der Waals surface area contributed by atoms with Crippen molar-refractivity contribution in [1.82, 2.24) is 0 Å². The topological polar surface area (TPSA) is 32.3 Å². The lowest BCUT2D eigenvalue weighted by atomic mass is 10.0. The molecule has 2 bridgehead atoms. The summed E-state index contributed by atoms with van der Waals surface area (Å²) in [5, 5.41) is 14.8. The van der Waals surface area contributed by atoms with Crippen molar-refractivity contribution < 1.29 is 5.11 Å². The summed E-state index contributed by atoms with van der Waals surface area (Å²) in [7, 11) is 0. The second-order valence-corrected chi connectivity index (χ2v) is 3.45. The van der Waals surface area contributed by atoms with Gasteiger partial charge in [0.1, 0.15) is 5.75 Å². The maximum absolute atomic E-state index is 9.40. The van der Waals surface area contributed by atoms with Gasteiger partial charge in [0.25, 0.3) is 0 Å². The molecule has 2 nitrogen and oxygen atoms in total. The molecule has 1 aliphatic heterocycles. The number of hydrogen-bond donors (Lipinski definition) is 2. The molecule has 2 aromatic carbocycles. The van der Waals surface area contributed by atoms with E-state index in [1.54, 1.807) is 12.1 Å². The maximum atomic E-state index is 9.40. The Morgan fingerprint density at radius 3 is 2.93 bits per heavy atom. The first kappa shape index (κ1) is 7.44. The van der Waals surface area contributed by atoms with E-state index in [2.05, 4.69) is 17.4 Å². The van der Waals surface area contributed by atoms with Crippen LogP contribution < -0.4 is 5.32 Å². The minimum atomic E-state index is 0.313. The third kappa shape index (κ3) is 0.973. The molecule has 0 saturated carbocycles. The fraction of sp³-hybridized carbons (Fsp3) is 0. The van der Waals surface area contributed by atoms with E-state index in [1.807, 2.05) is 18.3 Å². The number of phenols is 1. The van der Waals surface area contributed by atoms with Crippen LogP contribution in [-0.4, -0.2) is 5.11 Å². The van der Waals surface area contributed by atoms with Crippen molar-refractivity contribution in [2.75, 3.05) is 5.32 Å². The van der Waals surface area contributed by atoms with Crippen molar-refractivity contribution in [3.63, 3.8) is 0 Å². The van der Waals surface area contributed by atoms with E-state index < -0.39 is 0 Å². The number of fused-ring (bicyclic) bond motifs is 4. The Morgan fingerprint density at radius 2 is 2.00 bits per heavy atom. The van der Waals surface area contributed by atoms with Gasteiger partial charge in [-0.15, -0.1) is 0 Å². The van der Waals surface area contributed by atoms with Crippen molar-refractivity contribution in [1.29, 1.82) is 0 Å². The van der Waals surface area contributed by atoms with Crippen molar-refractivity contribution in [3.8, 4) is 5.75 Å². The van der Waals surface area contributed by atoms with Gasteiger partial charge in [0.15, 0.2) is 0 Å². The molecule has 0 aliphatic carbocycles. The van der Waals surface area contributed by atoms with E-state index in [0.29, 0.717) is 5.75 Å². The predicted octanol–water partition coefficient (Wildman–Crippen LogP) is 2.94. The van der Waals surface area contributed by atoms with Gasteiger partial charge >= 0.3 is 0 Å². The van der Waals surface area contributed by atoms with Gasteiger partial charge in [0, 0.05) is 11.9 Å². The lowest BCUT2D eigenvalue weighted by Gasteiger charge is -2.12. The summed E-state index contributed by atoms with van der Waals surface area (Å²) in [4.78, 5) is 0.